The largest absolute Gasteiger partial charge is 0.379 e. The number of rotatable bonds is 5. The van der Waals surface area contributed by atoms with Crippen LogP contribution in [0.5, 0.6) is 0 Å². The average Bonchev–Trinajstić information content (AvgIpc) is 2.34. The summed E-state index contributed by atoms with van der Waals surface area (Å²) in [6.07, 6.45) is -0.152. The summed E-state index contributed by atoms with van der Waals surface area (Å²) in [6.45, 7) is 3.60. The van der Waals surface area contributed by atoms with E-state index in [0.717, 1.165) is 0 Å². The lowest BCUT2D eigenvalue weighted by molar-refractivity contribution is 0.0221. The van der Waals surface area contributed by atoms with E-state index in [2.05, 4.69) is 22.6 Å². The summed E-state index contributed by atoms with van der Waals surface area (Å²) in [7, 11) is -2.86. The molecule has 4 nitrogen and oxygen atoms in total. The van der Waals surface area contributed by atoms with Crippen LogP contribution in [-0.4, -0.2) is 49.8 Å². The molecule has 1 rings (SSSR count). The molecule has 1 saturated heterocycles. The van der Waals surface area contributed by atoms with E-state index in [4.69, 9.17) is 9.47 Å². The summed E-state index contributed by atoms with van der Waals surface area (Å²) >= 11 is 2.14. The molecular formula is C8H15IO4S. The number of sulfone groups is 1. The lowest BCUT2D eigenvalue weighted by atomic mass is 10.3. The zero-order valence-electron chi connectivity index (χ0n) is 8.11. The van der Waals surface area contributed by atoms with Crippen LogP contribution in [0, 0.1) is 0 Å². The van der Waals surface area contributed by atoms with Crippen molar-refractivity contribution in [2.24, 2.45) is 0 Å². The van der Waals surface area contributed by atoms with Gasteiger partial charge in [0.25, 0.3) is 0 Å². The van der Waals surface area contributed by atoms with Crippen molar-refractivity contribution in [2.45, 2.75) is 17.0 Å². The number of halogens is 1. The molecule has 2 unspecified atom stereocenters. The minimum absolute atomic E-state index is 0.0826. The second-order valence-corrected chi connectivity index (χ2v) is 6.95. The quantitative estimate of drug-likeness (QED) is 0.421. The van der Waals surface area contributed by atoms with Crippen molar-refractivity contribution in [3.05, 3.63) is 0 Å². The van der Waals surface area contributed by atoms with Gasteiger partial charge in [0.05, 0.1) is 34.7 Å². The zero-order chi connectivity index (χ0) is 10.6. The van der Waals surface area contributed by atoms with Crippen LogP contribution in [0.15, 0.2) is 0 Å². The lowest BCUT2D eigenvalue weighted by Crippen LogP contribution is -2.24. The molecule has 0 N–H and O–H groups in total. The Labute approximate surface area is 98.4 Å². The monoisotopic (exact) mass is 334 g/mol. The molecule has 1 aliphatic rings. The van der Waals surface area contributed by atoms with Gasteiger partial charge < -0.3 is 9.47 Å². The summed E-state index contributed by atoms with van der Waals surface area (Å²) in [5, 5.41) is 0. The van der Waals surface area contributed by atoms with Crippen molar-refractivity contribution >= 4 is 32.4 Å². The van der Waals surface area contributed by atoms with Gasteiger partial charge in [-0.15, -0.1) is 0 Å². The van der Waals surface area contributed by atoms with Crippen molar-refractivity contribution in [1.29, 1.82) is 0 Å². The number of alkyl halides is 1. The summed E-state index contributed by atoms with van der Waals surface area (Å²) < 4.78 is 33.1. The molecule has 1 aliphatic heterocycles. The van der Waals surface area contributed by atoms with Gasteiger partial charge in [0.1, 0.15) is 0 Å². The van der Waals surface area contributed by atoms with E-state index in [0.29, 0.717) is 19.8 Å². The molecule has 14 heavy (non-hydrogen) atoms. The minimum Gasteiger partial charge on any atom is -0.379 e. The SMILES string of the molecule is CCOCCOC1CS(=O)(=O)CC1I. The van der Waals surface area contributed by atoms with Gasteiger partial charge >= 0.3 is 0 Å². The smallest absolute Gasteiger partial charge is 0.154 e. The maximum absolute atomic E-state index is 11.2. The van der Waals surface area contributed by atoms with E-state index in [1.807, 2.05) is 6.92 Å². The van der Waals surface area contributed by atoms with Crippen LogP contribution < -0.4 is 0 Å². The Morgan fingerprint density at radius 3 is 2.57 bits per heavy atom. The Hall–Kier alpha value is 0.600. The van der Waals surface area contributed by atoms with Crippen LogP contribution in [0.25, 0.3) is 0 Å². The number of ether oxygens (including phenoxy) is 2. The molecule has 0 amide bonds. The molecule has 84 valence electrons. The average molecular weight is 334 g/mol. The zero-order valence-corrected chi connectivity index (χ0v) is 11.1. The van der Waals surface area contributed by atoms with E-state index < -0.39 is 9.84 Å². The summed E-state index contributed by atoms with van der Waals surface area (Å²) in [4.78, 5) is 0. The highest BCUT2D eigenvalue weighted by atomic mass is 127. The van der Waals surface area contributed by atoms with Crippen molar-refractivity contribution in [1.82, 2.24) is 0 Å². The van der Waals surface area contributed by atoms with Gasteiger partial charge in [-0.05, 0) is 6.92 Å². The second kappa shape index (κ2) is 5.62. The molecule has 0 saturated carbocycles. The molecule has 0 aliphatic carbocycles. The van der Waals surface area contributed by atoms with Crippen LogP contribution in [-0.2, 0) is 19.3 Å². The Morgan fingerprint density at radius 1 is 1.36 bits per heavy atom. The molecule has 0 spiro atoms. The first-order valence-corrected chi connectivity index (χ1v) is 7.65. The molecule has 1 heterocycles. The van der Waals surface area contributed by atoms with E-state index in [1.165, 1.54) is 0 Å². The normalized spacial score (nSPS) is 30.7. The fraction of sp³-hybridized carbons (Fsp3) is 1.00. The summed E-state index contributed by atoms with van der Waals surface area (Å²) in [5.41, 5.74) is 0. The molecule has 0 radical (unpaired) electrons. The molecule has 6 heteroatoms. The molecule has 1 fully saturated rings. The van der Waals surface area contributed by atoms with Crippen LogP contribution in [0.3, 0.4) is 0 Å². The fourth-order valence-corrected chi connectivity index (χ4v) is 5.44. The maximum atomic E-state index is 11.2. The predicted octanol–water partition coefficient (Wildman–Crippen LogP) is 0.640. The van der Waals surface area contributed by atoms with E-state index in [9.17, 15) is 8.42 Å². The number of hydrogen-bond donors (Lipinski definition) is 0. The van der Waals surface area contributed by atoms with Gasteiger partial charge in [-0.2, -0.15) is 0 Å². The third kappa shape index (κ3) is 4.00. The Bertz CT molecular complexity index is 265. The van der Waals surface area contributed by atoms with Gasteiger partial charge in [0.2, 0.25) is 0 Å². The highest BCUT2D eigenvalue weighted by Gasteiger charge is 2.36. The maximum Gasteiger partial charge on any atom is 0.154 e. The van der Waals surface area contributed by atoms with Crippen LogP contribution in [0.1, 0.15) is 6.92 Å². The van der Waals surface area contributed by atoms with Gasteiger partial charge in [-0.25, -0.2) is 8.42 Å². The van der Waals surface area contributed by atoms with E-state index >= 15 is 0 Å². The van der Waals surface area contributed by atoms with Crippen molar-refractivity contribution < 1.29 is 17.9 Å². The van der Waals surface area contributed by atoms with Crippen molar-refractivity contribution in [3.8, 4) is 0 Å². The first kappa shape index (κ1) is 12.7. The lowest BCUT2D eigenvalue weighted by Gasteiger charge is -2.13. The van der Waals surface area contributed by atoms with Crippen LogP contribution >= 0.6 is 22.6 Å². The van der Waals surface area contributed by atoms with Gasteiger partial charge in [-0.3, -0.25) is 0 Å². The van der Waals surface area contributed by atoms with Crippen LogP contribution in [0.2, 0.25) is 0 Å². The van der Waals surface area contributed by atoms with E-state index in [-0.39, 0.29) is 21.5 Å². The summed E-state index contributed by atoms with van der Waals surface area (Å²) in [6, 6.07) is 0. The molecule has 2 atom stereocenters. The van der Waals surface area contributed by atoms with Gasteiger partial charge in [-0.1, -0.05) is 22.6 Å². The molecule has 0 aromatic rings. The molecule has 0 aromatic carbocycles. The van der Waals surface area contributed by atoms with Gasteiger partial charge in [0.15, 0.2) is 9.84 Å². The second-order valence-electron chi connectivity index (χ2n) is 3.20. The molecule has 0 aromatic heterocycles. The first-order valence-electron chi connectivity index (χ1n) is 4.59. The third-order valence-corrected chi connectivity index (χ3v) is 5.54. The summed E-state index contributed by atoms with van der Waals surface area (Å²) in [5.74, 6) is 0.402. The highest BCUT2D eigenvalue weighted by molar-refractivity contribution is 14.1. The highest BCUT2D eigenvalue weighted by Crippen LogP contribution is 2.22. The third-order valence-electron chi connectivity index (χ3n) is 2.00. The number of hydrogen-bond acceptors (Lipinski definition) is 4. The first-order chi connectivity index (χ1) is 6.55. The minimum atomic E-state index is -2.86. The van der Waals surface area contributed by atoms with Crippen LogP contribution in [0.4, 0.5) is 0 Å². The fourth-order valence-electron chi connectivity index (χ4n) is 1.33. The Morgan fingerprint density at radius 2 is 2.07 bits per heavy atom. The van der Waals surface area contributed by atoms with Crippen molar-refractivity contribution in [2.75, 3.05) is 31.3 Å². The Balaban J connectivity index is 2.25. The van der Waals surface area contributed by atoms with Crippen molar-refractivity contribution in [3.63, 3.8) is 0 Å². The Kier molecular flexibility index (Phi) is 5.09. The molecule has 0 bridgehead atoms. The van der Waals surface area contributed by atoms with E-state index in [1.54, 1.807) is 0 Å². The topological polar surface area (TPSA) is 52.6 Å². The van der Waals surface area contributed by atoms with Gasteiger partial charge in [0, 0.05) is 6.61 Å². The molecular weight excluding hydrogens is 319 g/mol. The standard InChI is InChI=1S/C8H15IO4S/c1-2-12-3-4-13-8-6-14(10,11)5-7(8)9/h7-8H,2-6H2,1H3. The predicted molar refractivity (Wildman–Crippen MR) is 62.7 cm³/mol.